The third kappa shape index (κ3) is 2.99. The van der Waals surface area contributed by atoms with Crippen LogP contribution in [0, 0.1) is 11.3 Å². The fraction of sp³-hybridized carbons (Fsp3) is 0.636. The maximum Gasteiger partial charge on any atom is 0.163 e. The lowest BCUT2D eigenvalue weighted by molar-refractivity contribution is -0.00616. The normalized spacial score (nSPS) is 32.1. The minimum absolute atomic E-state index is 0.0584. The van der Waals surface area contributed by atoms with Crippen LogP contribution in [0.2, 0.25) is 0 Å². The van der Waals surface area contributed by atoms with Gasteiger partial charge in [0.1, 0.15) is 10.7 Å². The van der Waals surface area contributed by atoms with E-state index < -0.39 is 5.66 Å². The number of ether oxygens (including phenoxy) is 2. The predicted octanol–water partition coefficient (Wildman–Crippen LogP) is 4.40. The van der Waals surface area contributed by atoms with Gasteiger partial charge in [-0.2, -0.15) is 0 Å². The number of methoxy groups -OCH3 is 1. The van der Waals surface area contributed by atoms with Gasteiger partial charge in [-0.25, -0.2) is 0 Å². The molecular formula is C22H30N2O2S. The van der Waals surface area contributed by atoms with E-state index in [1.54, 1.807) is 0 Å². The molecule has 5 heteroatoms. The third-order valence-corrected chi connectivity index (χ3v) is 6.93. The van der Waals surface area contributed by atoms with E-state index in [-0.39, 0.29) is 5.41 Å². The van der Waals surface area contributed by atoms with Gasteiger partial charge in [0, 0.05) is 18.1 Å². The van der Waals surface area contributed by atoms with E-state index in [9.17, 15) is 0 Å². The summed E-state index contributed by atoms with van der Waals surface area (Å²) in [6, 6.07) is 6.54. The van der Waals surface area contributed by atoms with E-state index >= 15 is 0 Å². The van der Waals surface area contributed by atoms with Gasteiger partial charge in [0.25, 0.3) is 0 Å². The first-order valence-corrected chi connectivity index (χ1v) is 10.5. The highest BCUT2D eigenvalue weighted by atomic mass is 32.1. The van der Waals surface area contributed by atoms with Crippen LogP contribution >= 0.6 is 12.2 Å². The van der Waals surface area contributed by atoms with Crippen LogP contribution in [0.25, 0.3) is 0 Å². The largest absolute Gasteiger partial charge is 0.493 e. The molecular weight excluding hydrogens is 356 g/mol. The Bertz CT molecular complexity index is 781. The number of aliphatic imine (C=N–C) groups is 1. The van der Waals surface area contributed by atoms with Gasteiger partial charge in [0.05, 0.1) is 18.4 Å². The van der Waals surface area contributed by atoms with E-state index in [0.717, 1.165) is 55.2 Å². The lowest BCUT2D eigenvalue weighted by Gasteiger charge is -2.46. The highest BCUT2D eigenvalue weighted by Gasteiger charge is 2.61. The number of hydrogen-bond acceptors (Lipinski definition) is 4. The molecule has 0 radical (unpaired) electrons. The molecule has 27 heavy (non-hydrogen) atoms. The zero-order valence-electron chi connectivity index (χ0n) is 16.8. The molecule has 1 aliphatic heterocycles. The van der Waals surface area contributed by atoms with Crippen LogP contribution in [-0.2, 0) is 16.8 Å². The number of nitrogens with one attached hydrogen (secondary N) is 1. The van der Waals surface area contributed by atoms with Crippen molar-refractivity contribution < 1.29 is 9.47 Å². The van der Waals surface area contributed by atoms with Crippen molar-refractivity contribution in [1.82, 2.24) is 5.32 Å². The van der Waals surface area contributed by atoms with Crippen molar-refractivity contribution >= 4 is 22.9 Å². The summed E-state index contributed by atoms with van der Waals surface area (Å²) in [5.41, 5.74) is 3.18. The Hall–Kier alpha value is -1.46. The smallest absolute Gasteiger partial charge is 0.163 e. The van der Waals surface area contributed by atoms with Crippen LogP contribution in [0.5, 0.6) is 5.75 Å². The maximum absolute atomic E-state index is 6.03. The van der Waals surface area contributed by atoms with Crippen molar-refractivity contribution in [2.45, 2.75) is 64.6 Å². The van der Waals surface area contributed by atoms with Gasteiger partial charge in [-0.15, -0.1) is 0 Å². The Labute approximate surface area is 167 Å². The zero-order chi connectivity index (χ0) is 19.2. The van der Waals surface area contributed by atoms with E-state index in [1.165, 1.54) is 11.1 Å². The molecule has 3 aliphatic rings. The molecule has 1 heterocycles. The Morgan fingerprint density at radius 3 is 2.63 bits per heavy atom. The average Bonchev–Trinajstić information content (AvgIpc) is 3.09. The van der Waals surface area contributed by atoms with Gasteiger partial charge >= 0.3 is 0 Å². The molecule has 2 spiro atoms. The average molecular weight is 387 g/mol. The number of hydrogen-bond donors (Lipinski definition) is 1. The van der Waals surface area contributed by atoms with E-state index in [0.29, 0.717) is 12.0 Å². The van der Waals surface area contributed by atoms with Crippen molar-refractivity contribution in [2.75, 3.05) is 13.7 Å². The lowest BCUT2D eigenvalue weighted by atomic mass is 9.65. The molecule has 0 saturated heterocycles. The summed E-state index contributed by atoms with van der Waals surface area (Å²) in [4.78, 5) is 5.96. The SMILES string of the molecule is COC1CCC2(CC1)Cc1ccc(OCC(C)C)cc1C21N=C(C)C(=S)N1. The van der Waals surface area contributed by atoms with Gasteiger partial charge in [-0.05, 0) is 62.6 Å². The molecule has 2 aliphatic carbocycles. The summed E-state index contributed by atoms with van der Waals surface area (Å²) in [5.74, 6) is 1.43. The zero-order valence-corrected chi connectivity index (χ0v) is 17.6. The maximum atomic E-state index is 6.03. The summed E-state index contributed by atoms with van der Waals surface area (Å²) >= 11 is 5.60. The Morgan fingerprint density at radius 2 is 2.04 bits per heavy atom. The predicted molar refractivity (Wildman–Crippen MR) is 113 cm³/mol. The number of benzene rings is 1. The lowest BCUT2D eigenvalue weighted by Crippen LogP contribution is -2.52. The van der Waals surface area contributed by atoms with Crippen LogP contribution in [0.3, 0.4) is 0 Å². The fourth-order valence-corrected chi connectivity index (χ4v) is 5.25. The standard InChI is InChI=1S/C22H30N2O2S/c1-14(2)13-26-18-6-5-16-12-21(9-7-17(25-4)8-10-21)22(19(16)11-18)23-15(3)20(27)24-22/h5-6,11,14,17H,7-10,12-13H2,1-4H3,(H,24,27). The minimum atomic E-state index is -0.445. The number of nitrogens with zero attached hydrogens (tertiary/aromatic N) is 1. The van der Waals surface area contributed by atoms with Gasteiger partial charge in [0.2, 0.25) is 0 Å². The molecule has 0 amide bonds. The Morgan fingerprint density at radius 1 is 1.30 bits per heavy atom. The number of thiocarbonyl (C=S) groups is 1. The molecule has 0 aromatic heterocycles. The summed E-state index contributed by atoms with van der Waals surface area (Å²) in [7, 11) is 1.82. The Balaban J connectivity index is 1.74. The molecule has 1 aromatic carbocycles. The number of rotatable bonds is 4. The fourth-order valence-electron chi connectivity index (χ4n) is 5.06. The summed E-state index contributed by atoms with van der Waals surface area (Å²) in [6.07, 6.45) is 5.73. The van der Waals surface area contributed by atoms with Crippen LogP contribution in [0.4, 0.5) is 0 Å². The second-order valence-corrected chi connectivity index (χ2v) is 9.19. The summed E-state index contributed by atoms with van der Waals surface area (Å²) in [6.45, 7) is 7.09. The van der Waals surface area contributed by atoms with Crippen LogP contribution in [0.1, 0.15) is 57.6 Å². The van der Waals surface area contributed by atoms with Crippen molar-refractivity contribution in [1.29, 1.82) is 0 Å². The Kier molecular flexibility index (Phi) is 4.79. The molecule has 1 aromatic rings. The number of fused-ring (bicyclic) bond motifs is 3. The highest BCUT2D eigenvalue weighted by molar-refractivity contribution is 7.82. The van der Waals surface area contributed by atoms with E-state index in [1.807, 2.05) is 14.0 Å². The first kappa shape index (κ1) is 18.9. The van der Waals surface area contributed by atoms with Crippen LogP contribution in [-0.4, -0.2) is 30.5 Å². The third-order valence-electron chi connectivity index (χ3n) is 6.53. The molecule has 1 saturated carbocycles. The first-order valence-electron chi connectivity index (χ1n) is 10.1. The molecule has 1 unspecified atom stereocenters. The van der Waals surface area contributed by atoms with Crippen molar-refractivity contribution in [3.63, 3.8) is 0 Å². The second kappa shape index (κ2) is 6.85. The van der Waals surface area contributed by atoms with Gasteiger partial charge < -0.3 is 14.8 Å². The summed E-state index contributed by atoms with van der Waals surface area (Å²) < 4.78 is 11.7. The topological polar surface area (TPSA) is 42.9 Å². The molecule has 1 N–H and O–H groups in total. The van der Waals surface area contributed by atoms with Crippen LogP contribution in [0.15, 0.2) is 23.2 Å². The van der Waals surface area contributed by atoms with Crippen molar-refractivity contribution in [3.8, 4) is 5.75 Å². The molecule has 1 atom stereocenters. The molecule has 146 valence electrons. The monoisotopic (exact) mass is 386 g/mol. The second-order valence-electron chi connectivity index (χ2n) is 8.78. The highest BCUT2D eigenvalue weighted by Crippen LogP contribution is 2.60. The quantitative estimate of drug-likeness (QED) is 0.779. The van der Waals surface area contributed by atoms with Gasteiger partial charge in [0.15, 0.2) is 5.66 Å². The van der Waals surface area contributed by atoms with Crippen molar-refractivity contribution in [3.05, 3.63) is 29.3 Å². The first-order chi connectivity index (χ1) is 12.9. The molecule has 1 fully saturated rings. The van der Waals surface area contributed by atoms with Gasteiger partial charge in [-0.3, -0.25) is 4.99 Å². The molecule has 4 nitrogen and oxygen atoms in total. The van der Waals surface area contributed by atoms with E-state index in [4.69, 9.17) is 26.7 Å². The van der Waals surface area contributed by atoms with E-state index in [2.05, 4.69) is 37.4 Å². The minimum Gasteiger partial charge on any atom is -0.493 e. The summed E-state index contributed by atoms with van der Waals surface area (Å²) in [5, 5.41) is 3.65. The molecule has 0 bridgehead atoms. The van der Waals surface area contributed by atoms with Crippen LogP contribution < -0.4 is 10.1 Å². The van der Waals surface area contributed by atoms with Crippen molar-refractivity contribution in [2.24, 2.45) is 16.3 Å². The molecule has 4 rings (SSSR count). The van der Waals surface area contributed by atoms with Gasteiger partial charge in [-0.1, -0.05) is 32.1 Å².